The molecule has 216 valence electrons. The molecule has 1 aromatic carbocycles. The van der Waals surface area contributed by atoms with Crippen LogP contribution in [0.15, 0.2) is 30.5 Å². The summed E-state index contributed by atoms with van der Waals surface area (Å²) >= 11 is 0. The van der Waals surface area contributed by atoms with Crippen molar-refractivity contribution < 1.29 is 23.5 Å². The van der Waals surface area contributed by atoms with Gasteiger partial charge in [0.1, 0.15) is 23.8 Å². The maximum absolute atomic E-state index is 13.6. The first-order chi connectivity index (χ1) is 19.0. The van der Waals surface area contributed by atoms with Gasteiger partial charge in [-0.05, 0) is 58.2 Å². The summed E-state index contributed by atoms with van der Waals surface area (Å²) in [5, 5.41) is 9.27. The lowest BCUT2D eigenvalue weighted by atomic mass is 9.86. The number of nitrogens with zero attached hydrogens (tertiary/aromatic N) is 3. The van der Waals surface area contributed by atoms with E-state index in [2.05, 4.69) is 37.8 Å². The molecule has 1 heterocycles. The van der Waals surface area contributed by atoms with Crippen molar-refractivity contribution in [2.45, 2.75) is 58.1 Å². The zero-order valence-electron chi connectivity index (χ0n) is 23.8. The number of hydrogen-bond donors (Lipinski definition) is 3. The predicted molar refractivity (Wildman–Crippen MR) is 152 cm³/mol. The minimum absolute atomic E-state index is 0.0269. The lowest BCUT2D eigenvalue weighted by molar-refractivity contribution is -0.123. The SMILES string of the molecule is COCCNc1nc(Nc2cccc(F)c2)ncc1C#C[C@@H]1CCC[C@H](NC(=O)CN(C)C(=O)OC(C)(C)C)C1. The van der Waals surface area contributed by atoms with Crippen LogP contribution < -0.4 is 16.0 Å². The fourth-order valence-electron chi connectivity index (χ4n) is 4.16. The second-order valence-electron chi connectivity index (χ2n) is 10.7. The molecule has 11 heteroatoms. The van der Waals surface area contributed by atoms with Crippen LogP contribution in [0.1, 0.15) is 52.0 Å². The van der Waals surface area contributed by atoms with E-state index in [-0.39, 0.29) is 30.2 Å². The number of ether oxygens (including phenoxy) is 2. The Hall–Kier alpha value is -3.91. The molecule has 1 fully saturated rings. The Kier molecular flexibility index (Phi) is 11.1. The molecule has 2 aromatic rings. The number of amides is 2. The van der Waals surface area contributed by atoms with E-state index in [0.717, 1.165) is 19.3 Å². The zero-order valence-corrected chi connectivity index (χ0v) is 23.8. The average Bonchev–Trinajstić information content (AvgIpc) is 2.87. The highest BCUT2D eigenvalue weighted by atomic mass is 19.1. The van der Waals surface area contributed by atoms with Crippen LogP contribution in [0.25, 0.3) is 0 Å². The van der Waals surface area contributed by atoms with Crippen molar-refractivity contribution in [1.82, 2.24) is 20.2 Å². The monoisotopic (exact) mass is 554 g/mol. The molecule has 0 bridgehead atoms. The fraction of sp³-hybridized carbons (Fsp3) is 0.517. The van der Waals surface area contributed by atoms with Crippen molar-refractivity contribution in [1.29, 1.82) is 0 Å². The van der Waals surface area contributed by atoms with E-state index in [1.807, 2.05) is 0 Å². The number of carbonyl (C=O) groups is 2. The molecule has 10 nitrogen and oxygen atoms in total. The average molecular weight is 555 g/mol. The number of anilines is 3. The van der Waals surface area contributed by atoms with Crippen LogP contribution in [-0.2, 0) is 14.3 Å². The van der Waals surface area contributed by atoms with Crippen LogP contribution in [0, 0.1) is 23.6 Å². The Morgan fingerprint density at radius 3 is 2.77 bits per heavy atom. The van der Waals surface area contributed by atoms with Gasteiger partial charge in [0, 0.05) is 38.3 Å². The summed E-state index contributed by atoms with van der Waals surface area (Å²) in [6, 6.07) is 6.04. The Morgan fingerprint density at radius 1 is 1.25 bits per heavy atom. The first kappa shape index (κ1) is 30.6. The van der Waals surface area contributed by atoms with Gasteiger partial charge in [0.2, 0.25) is 11.9 Å². The quantitative estimate of drug-likeness (QED) is 0.310. The van der Waals surface area contributed by atoms with E-state index >= 15 is 0 Å². The summed E-state index contributed by atoms with van der Waals surface area (Å²) in [7, 11) is 3.16. The minimum Gasteiger partial charge on any atom is -0.444 e. The van der Waals surface area contributed by atoms with Gasteiger partial charge in [0.05, 0.1) is 18.4 Å². The maximum Gasteiger partial charge on any atom is 0.410 e. The molecule has 0 unspecified atom stereocenters. The molecule has 3 rings (SSSR count). The van der Waals surface area contributed by atoms with Crippen LogP contribution in [0.2, 0.25) is 0 Å². The van der Waals surface area contributed by atoms with Gasteiger partial charge in [0.15, 0.2) is 0 Å². The summed E-state index contributed by atoms with van der Waals surface area (Å²) < 4.78 is 24.0. The van der Waals surface area contributed by atoms with Gasteiger partial charge in [-0.25, -0.2) is 14.2 Å². The first-order valence-electron chi connectivity index (χ1n) is 13.4. The van der Waals surface area contributed by atoms with Gasteiger partial charge in [-0.1, -0.05) is 24.3 Å². The molecule has 0 spiro atoms. The molecular weight excluding hydrogens is 515 g/mol. The summed E-state index contributed by atoms with van der Waals surface area (Å²) in [4.78, 5) is 34.9. The molecule has 2 amide bonds. The van der Waals surface area contributed by atoms with Crippen LogP contribution in [-0.4, -0.2) is 72.4 Å². The van der Waals surface area contributed by atoms with Crippen LogP contribution >= 0.6 is 0 Å². The van der Waals surface area contributed by atoms with E-state index < -0.39 is 11.7 Å². The van der Waals surface area contributed by atoms with Gasteiger partial charge in [-0.15, -0.1) is 0 Å². The highest BCUT2D eigenvalue weighted by Crippen LogP contribution is 2.24. The van der Waals surface area contributed by atoms with E-state index in [1.165, 1.54) is 17.0 Å². The summed E-state index contributed by atoms with van der Waals surface area (Å²) in [6.45, 7) is 6.28. The number of halogens is 1. The number of methoxy groups -OCH3 is 1. The Balaban J connectivity index is 1.63. The molecule has 1 aromatic heterocycles. The van der Waals surface area contributed by atoms with E-state index in [1.54, 1.807) is 53.3 Å². The molecule has 0 aliphatic heterocycles. The summed E-state index contributed by atoms with van der Waals surface area (Å²) in [5.74, 6) is 6.88. The van der Waals surface area contributed by atoms with Crippen LogP contribution in [0.4, 0.5) is 26.6 Å². The van der Waals surface area contributed by atoms with Crippen molar-refractivity contribution >= 4 is 29.5 Å². The molecular formula is C29H39FN6O4. The van der Waals surface area contributed by atoms with E-state index in [9.17, 15) is 14.0 Å². The Morgan fingerprint density at radius 2 is 2.05 bits per heavy atom. The smallest absolute Gasteiger partial charge is 0.410 e. The van der Waals surface area contributed by atoms with E-state index in [4.69, 9.17) is 9.47 Å². The van der Waals surface area contributed by atoms with Gasteiger partial charge >= 0.3 is 6.09 Å². The number of likely N-dealkylation sites (N-methyl/N-ethyl adjacent to an activating group) is 1. The lowest BCUT2D eigenvalue weighted by Gasteiger charge is -2.28. The highest BCUT2D eigenvalue weighted by molar-refractivity contribution is 5.82. The third kappa shape index (κ3) is 10.3. The number of carbonyl (C=O) groups excluding carboxylic acids is 2. The third-order valence-electron chi connectivity index (χ3n) is 6.00. The normalized spacial score (nSPS) is 16.8. The number of benzene rings is 1. The van der Waals surface area contributed by atoms with Gasteiger partial charge in [-0.3, -0.25) is 4.79 Å². The van der Waals surface area contributed by atoms with Gasteiger partial charge in [0.25, 0.3) is 0 Å². The van der Waals surface area contributed by atoms with Crippen molar-refractivity contribution in [3.63, 3.8) is 0 Å². The van der Waals surface area contributed by atoms with Gasteiger partial charge < -0.3 is 30.3 Å². The number of aromatic nitrogens is 2. The second-order valence-corrected chi connectivity index (χ2v) is 10.7. The van der Waals surface area contributed by atoms with Crippen molar-refractivity contribution in [3.05, 3.63) is 41.8 Å². The van der Waals surface area contributed by atoms with Gasteiger partial charge in [-0.2, -0.15) is 4.98 Å². The molecule has 0 radical (unpaired) electrons. The number of hydrogen-bond acceptors (Lipinski definition) is 8. The lowest BCUT2D eigenvalue weighted by Crippen LogP contribution is -2.45. The molecule has 2 atom stereocenters. The van der Waals surface area contributed by atoms with Crippen molar-refractivity contribution in [2.75, 3.05) is 44.5 Å². The Bertz CT molecular complexity index is 1220. The molecule has 1 saturated carbocycles. The molecule has 1 aliphatic carbocycles. The number of rotatable bonds is 9. The minimum atomic E-state index is -0.626. The van der Waals surface area contributed by atoms with E-state index in [0.29, 0.717) is 42.6 Å². The number of nitrogens with one attached hydrogen (secondary N) is 3. The summed E-state index contributed by atoms with van der Waals surface area (Å²) in [6.07, 6.45) is 4.51. The molecule has 3 N–H and O–H groups in total. The second kappa shape index (κ2) is 14.5. The standard InChI is InChI=1S/C29H39FN6O4/c1-29(2,3)40-28(38)36(4)19-25(37)33-23-10-6-8-20(16-23)12-13-21-18-32-27(35-26(21)31-14-15-39-5)34-24-11-7-9-22(30)17-24/h7,9,11,17-18,20,23H,6,8,10,14-16,19H2,1-5H3,(H,33,37)(H2,31,32,34,35)/t20-,23-/m0/s1. The zero-order chi connectivity index (χ0) is 29.1. The predicted octanol–water partition coefficient (Wildman–Crippen LogP) is 4.31. The topological polar surface area (TPSA) is 118 Å². The maximum atomic E-state index is 13.6. The van der Waals surface area contributed by atoms with Crippen molar-refractivity contribution in [2.24, 2.45) is 5.92 Å². The van der Waals surface area contributed by atoms with Crippen molar-refractivity contribution in [3.8, 4) is 11.8 Å². The fourth-order valence-corrected chi connectivity index (χ4v) is 4.16. The summed E-state index contributed by atoms with van der Waals surface area (Å²) in [5.41, 5.74) is 0.541. The highest BCUT2D eigenvalue weighted by Gasteiger charge is 2.25. The molecule has 0 saturated heterocycles. The largest absolute Gasteiger partial charge is 0.444 e. The molecule has 1 aliphatic rings. The van der Waals surface area contributed by atoms with Crippen LogP contribution in [0.3, 0.4) is 0 Å². The van der Waals surface area contributed by atoms with Crippen LogP contribution in [0.5, 0.6) is 0 Å². The Labute approximate surface area is 235 Å². The third-order valence-corrected chi connectivity index (χ3v) is 6.00. The first-order valence-corrected chi connectivity index (χ1v) is 13.4. The molecule has 40 heavy (non-hydrogen) atoms.